The zero-order valence-corrected chi connectivity index (χ0v) is 20.4. The van der Waals surface area contributed by atoms with Gasteiger partial charge < -0.3 is 29.6 Å². The predicted molar refractivity (Wildman–Crippen MR) is 140 cm³/mol. The number of aromatic nitrogens is 2. The van der Waals surface area contributed by atoms with Gasteiger partial charge in [0.25, 0.3) is 5.91 Å². The fourth-order valence-electron chi connectivity index (χ4n) is 7.23. The number of aliphatic hydroxyl groups is 1. The third kappa shape index (κ3) is 2.19. The second kappa shape index (κ2) is 6.68. The fourth-order valence-corrected chi connectivity index (χ4v) is 7.23. The average molecular weight is 481 g/mol. The number of hydrogen-bond acceptors (Lipinski definition) is 4. The summed E-state index contributed by atoms with van der Waals surface area (Å²) in [7, 11) is 0. The van der Waals surface area contributed by atoms with Crippen molar-refractivity contribution in [1.29, 1.82) is 0 Å². The van der Waals surface area contributed by atoms with Gasteiger partial charge in [0, 0.05) is 41.1 Å². The first-order valence-electron chi connectivity index (χ1n) is 12.9. The quantitative estimate of drug-likeness (QED) is 0.331. The average Bonchev–Trinajstić information content (AvgIpc) is 3.56. The normalized spacial score (nSPS) is 26.5. The maximum Gasteiger partial charge on any atom is 0.252 e. The van der Waals surface area contributed by atoms with Crippen molar-refractivity contribution in [3.8, 4) is 0 Å². The molecule has 5 heterocycles. The molecule has 7 nitrogen and oxygen atoms in total. The van der Waals surface area contributed by atoms with E-state index in [0.29, 0.717) is 19.5 Å². The molecule has 1 saturated heterocycles. The molecular formula is C29H28N4O3. The Hall–Kier alpha value is -3.39. The van der Waals surface area contributed by atoms with Gasteiger partial charge in [-0.15, -0.1) is 0 Å². The van der Waals surface area contributed by atoms with E-state index in [9.17, 15) is 9.90 Å². The first-order valence-corrected chi connectivity index (χ1v) is 12.9. The first kappa shape index (κ1) is 20.8. The number of nitrogens with one attached hydrogen (secondary N) is 2. The van der Waals surface area contributed by atoms with E-state index in [0.717, 1.165) is 67.7 Å². The Labute approximate surface area is 207 Å². The second-order valence-electron chi connectivity index (χ2n) is 10.7. The van der Waals surface area contributed by atoms with Crippen molar-refractivity contribution < 1.29 is 14.6 Å². The Bertz CT molecular complexity index is 1780. The van der Waals surface area contributed by atoms with Crippen LogP contribution in [0.25, 0.3) is 43.6 Å². The summed E-state index contributed by atoms with van der Waals surface area (Å²) in [5.41, 5.74) is 3.77. The van der Waals surface area contributed by atoms with Crippen molar-refractivity contribution in [3.63, 3.8) is 0 Å². The van der Waals surface area contributed by atoms with Crippen molar-refractivity contribution in [2.45, 2.75) is 50.8 Å². The number of rotatable bonds is 4. The smallest absolute Gasteiger partial charge is 0.252 e. The van der Waals surface area contributed by atoms with Gasteiger partial charge in [-0.05, 0) is 37.6 Å². The van der Waals surface area contributed by atoms with Gasteiger partial charge in [0.1, 0.15) is 11.8 Å². The summed E-state index contributed by atoms with van der Waals surface area (Å²) in [6.07, 6.45) is 1.08. The Morgan fingerprint density at radius 1 is 1.08 bits per heavy atom. The Morgan fingerprint density at radius 2 is 1.81 bits per heavy atom. The van der Waals surface area contributed by atoms with Gasteiger partial charge in [-0.1, -0.05) is 43.3 Å². The summed E-state index contributed by atoms with van der Waals surface area (Å²) < 4.78 is 11.4. The lowest BCUT2D eigenvalue weighted by molar-refractivity contribution is -0.175. The molecule has 3 aliphatic rings. The van der Waals surface area contributed by atoms with Crippen LogP contribution in [0.3, 0.4) is 0 Å². The molecule has 5 aromatic rings. The second-order valence-corrected chi connectivity index (χ2v) is 10.7. The van der Waals surface area contributed by atoms with Crippen LogP contribution in [0.15, 0.2) is 48.5 Å². The van der Waals surface area contributed by atoms with Crippen LogP contribution in [-0.2, 0) is 17.0 Å². The largest absolute Gasteiger partial charge is 0.383 e. The van der Waals surface area contributed by atoms with Crippen LogP contribution in [0.5, 0.6) is 0 Å². The summed E-state index contributed by atoms with van der Waals surface area (Å²) in [6.45, 7) is 5.93. The molecule has 182 valence electrons. The third-order valence-corrected chi connectivity index (χ3v) is 8.82. The fraction of sp³-hybridized carbons (Fsp3) is 0.345. The highest BCUT2D eigenvalue weighted by Crippen LogP contribution is 2.57. The molecule has 2 bridgehead atoms. The Morgan fingerprint density at radius 3 is 2.58 bits per heavy atom. The van der Waals surface area contributed by atoms with E-state index < -0.39 is 11.3 Å². The van der Waals surface area contributed by atoms with Crippen molar-refractivity contribution in [2.24, 2.45) is 0 Å². The molecular weight excluding hydrogens is 452 g/mol. The summed E-state index contributed by atoms with van der Waals surface area (Å²) >= 11 is 0. The van der Waals surface area contributed by atoms with E-state index in [2.05, 4.69) is 51.0 Å². The molecule has 3 aliphatic heterocycles. The number of fused-ring (bicyclic) bond motifs is 13. The van der Waals surface area contributed by atoms with Crippen LogP contribution in [0.2, 0.25) is 0 Å². The first-order chi connectivity index (χ1) is 17.5. The molecule has 0 saturated carbocycles. The van der Waals surface area contributed by atoms with Gasteiger partial charge in [0.15, 0.2) is 5.72 Å². The summed E-state index contributed by atoms with van der Waals surface area (Å²) in [6, 6.07) is 16.6. The van der Waals surface area contributed by atoms with Crippen molar-refractivity contribution in [1.82, 2.24) is 19.8 Å². The molecule has 8 rings (SSSR count). The van der Waals surface area contributed by atoms with Crippen LogP contribution in [0.4, 0.5) is 0 Å². The lowest BCUT2D eigenvalue weighted by Gasteiger charge is -2.40. The molecule has 3 atom stereocenters. The van der Waals surface area contributed by atoms with E-state index in [1.54, 1.807) is 0 Å². The van der Waals surface area contributed by atoms with Crippen LogP contribution in [0.1, 0.15) is 48.8 Å². The van der Waals surface area contributed by atoms with Gasteiger partial charge in [0.05, 0.1) is 27.6 Å². The molecule has 0 unspecified atom stereocenters. The van der Waals surface area contributed by atoms with Crippen molar-refractivity contribution in [2.75, 3.05) is 13.1 Å². The SMILES string of the molecule is CCCNC[C@@]1(O)C[C@@H]2O[C@]1(C)n1c3ccccc3c3c4c(c5c6ccccc6n2c5c31)C(=O)NC4. The number of carbonyl (C=O) groups is 1. The highest BCUT2D eigenvalue weighted by Gasteiger charge is 2.60. The van der Waals surface area contributed by atoms with Gasteiger partial charge in [-0.25, -0.2) is 0 Å². The number of carbonyl (C=O) groups excluding carboxylic acids is 1. The third-order valence-electron chi connectivity index (χ3n) is 8.82. The maximum absolute atomic E-state index is 13.3. The molecule has 36 heavy (non-hydrogen) atoms. The summed E-state index contributed by atoms with van der Waals surface area (Å²) in [5.74, 6) is -0.0200. The molecule has 3 N–H and O–H groups in total. The number of para-hydroxylation sites is 2. The lowest BCUT2D eigenvalue weighted by atomic mass is 9.88. The van der Waals surface area contributed by atoms with Crippen molar-refractivity contribution >= 4 is 49.5 Å². The highest BCUT2D eigenvalue weighted by molar-refractivity contribution is 6.31. The molecule has 0 spiro atoms. The highest BCUT2D eigenvalue weighted by atomic mass is 16.6. The molecule has 0 aliphatic carbocycles. The van der Waals surface area contributed by atoms with Gasteiger partial charge in [-0.2, -0.15) is 0 Å². The summed E-state index contributed by atoms with van der Waals surface area (Å²) in [4.78, 5) is 13.3. The van der Waals surface area contributed by atoms with E-state index >= 15 is 0 Å². The number of ether oxygens (including phenoxy) is 1. The van der Waals surface area contributed by atoms with E-state index in [-0.39, 0.29) is 12.1 Å². The maximum atomic E-state index is 13.3. The number of benzene rings is 3. The minimum Gasteiger partial charge on any atom is -0.383 e. The van der Waals surface area contributed by atoms with Crippen molar-refractivity contribution in [3.05, 3.63) is 59.7 Å². The molecule has 2 aromatic heterocycles. The van der Waals surface area contributed by atoms with Crippen LogP contribution >= 0.6 is 0 Å². The monoisotopic (exact) mass is 480 g/mol. The van der Waals surface area contributed by atoms with E-state index in [1.165, 1.54) is 0 Å². The minimum absolute atomic E-state index is 0.0200. The standard InChI is InChI=1S/C29H28N4O3/c1-3-12-30-15-29(35)13-21-32-19-10-6-4-8-16(19)23-24-18(14-31-27(24)34)22-17-9-5-7-11-20(17)33(26(22)25(23)32)28(29,2)36-21/h4-11,21,30,35H,3,12-15H2,1-2H3,(H,31,34)/t21-,28-,29-/m0/s1. The molecule has 1 amide bonds. The van der Waals surface area contributed by atoms with E-state index in [1.807, 2.05) is 31.2 Å². The van der Waals surface area contributed by atoms with Gasteiger partial charge in [0.2, 0.25) is 0 Å². The molecule has 7 heteroatoms. The molecule has 1 fully saturated rings. The van der Waals surface area contributed by atoms with Crippen LogP contribution < -0.4 is 10.6 Å². The Balaban J connectivity index is 1.63. The number of hydrogen-bond donors (Lipinski definition) is 3. The summed E-state index contributed by atoms with van der Waals surface area (Å²) in [5, 5.41) is 23.1. The number of amides is 1. The molecule has 3 aromatic carbocycles. The minimum atomic E-state index is -1.13. The van der Waals surface area contributed by atoms with Crippen LogP contribution in [-0.4, -0.2) is 38.8 Å². The van der Waals surface area contributed by atoms with Crippen LogP contribution in [0, 0.1) is 0 Å². The van der Waals surface area contributed by atoms with Gasteiger partial charge in [-0.3, -0.25) is 4.79 Å². The predicted octanol–water partition coefficient (Wildman–Crippen LogP) is 4.48. The lowest BCUT2D eigenvalue weighted by Crippen LogP contribution is -2.56. The molecule has 0 radical (unpaired) electrons. The Kier molecular flexibility index (Phi) is 3.85. The number of nitrogens with zero attached hydrogens (tertiary/aromatic N) is 2. The topological polar surface area (TPSA) is 80.4 Å². The zero-order chi connectivity index (χ0) is 24.4. The van der Waals surface area contributed by atoms with E-state index in [4.69, 9.17) is 4.74 Å². The van der Waals surface area contributed by atoms with Gasteiger partial charge >= 0.3 is 0 Å². The zero-order valence-electron chi connectivity index (χ0n) is 20.4.